The fourth-order valence-corrected chi connectivity index (χ4v) is 2.49. The van der Waals surface area contributed by atoms with Crippen molar-refractivity contribution in [2.24, 2.45) is 5.92 Å². The molecule has 0 aromatic heterocycles. The predicted octanol–water partition coefficient (Wildman–Crippen LogP) is 0.490. The van der Waals surface area contributed by atoms with E-state index in [1.807, 2.05) is 0 Å². The van der Waals surface area contributed by atoms with Gasteiger partial charge in [0.25, 0.3) is 0 Å². The second-order valence-corrected chi connectivity index (χ2v) is 4.18. The van der Waals surface area contributed by atoms with Crippen LogP contribution in [-0.4, -0.2) is 36.6 Å². The van der Waals surface area contributed by atoms with Crippen molar-refractivity contribution in [2.75, 3.05) is 26.1 Å². The molecule has 0 saturated carbocycles. The van der Waals surface area contributed by atoms with E-state index in [-0.39, 0.29) is 0 Å². The van der Waals surface area contributed by atoms with Gasteiger partial charge in [-0.1, -0.05) is 0 Å². The van der Waals surface area contributed by atoms with Crippen LogP contribution in [-0.2, 0) is 4.74 Å². The summed E-state index contributed by atoms with van der Waals surface area (Å²) >= 11 is 1.76. The normalized spacial score (nSPS) is 40.1. The summed E-state index contributed by atoms with van der Waals surface area (Å²) in [6.07, 6.45) is 1.80. The second-order valence-electron chi connectivity index (χ2n) is 3.11. The number of fused-ring (bicyclic) bond motifs is 1. The van der Waals surface area contributed by atoms with Crippen LogP contribution >= 0.6 is 11.9 Å². The monoisotopic (exact) mass is 174 g/mol. The van der Waals surface area contributed by atoms with Crippen molar-refractivity contribution in [3.63, 3.8) is 0 Å². The molecule has 2 rings (SSSR count). The zero-order chi connectivity index (χ0) is 7.68. The minimum atomic E-state index is 0.544. The van der Waals surface area contributed by atoms with E-state index >= 15 is 0 Å². The third-order valence-corrected chi connectivity index (χ3v) is 3.28. The average molecular weight is 174 g/mol. The van der Waals surface area contributed by atoms with Crippen LogP contribution in [0.15, 0.2) is 0 Å². The molecule has 1 N–H and O–H groups in total. The lowest BCUT2D eigenvalue weighted by molar-refractivity contribution is 0.131. The molecule has 0 amide bonds. The Morgan fingerprint density at radius 1 is 1.64 bits per heavy atom. The van der Waals surface area contributed by atoms with Crippen molar-refractivity contribution < 1.29 is 4.74 Å². The summed E-state index contributed by atoms with van der Waals surface area (Å²) in [5.41, 5.74) is 0. The topological polar surface area (TPSA) is 24.5 Å². The molecule has 11 heavy (non-hydrogen) atoms. The number of nitrogens with zero attached hydrogens (tertiary/aromatic N) is 1. The van der Waals surface area contributed by atoms with Crippen molar-refractivity contribution in [3.8, 4) is 0 Å². The zero-order valence-corrected chi connectivity index (χ0v) is 7.56. The first-order valence-corrected chi connectivity index (χ1v) is 4.99. The first kappa shape index (κ1) is 7.86. The van der Waals surface area contributed by atoms with Gasteiger partial charge in [0.15, 0.2) is 0 Å². The number of ether oxygens (including phenoxy) is 1. The maximum absolute atomic E-state index is 5.46. The van der Waals surface area contributed by atoms with Crippen LogP contribution < -0.4 is 5.32 Å². The largest absolute Gasteiger partial charge is 0.369 e. The molecule has 2 unspecified atom stereocenters. The summed E-state index contributed by atoms with van der Waals surface area (Å²) in [6, 6.07) is 0. The van der Waals surface area contributed by atoms with Crippen LogP contribution in [0.25, 0.3) is 0 Å². The van der Waals surface area contributed by atoms with Gasteiger partial charge in [0, 0.05) is 5.92 Å². The van der Waals surface area contributed by atoms with Gasteiger partial charge in [0.2, 0.25) is 0 Å². The first-order valence-electron chi connectivity index (χ1n) is 4.05. The molecular weight excluding hydrogens is 160 g/mol. The molecule has 3 nitrogen and oxygen atoms in total. The lowest BCUT2D eigenvalue weighted by atomic mass is 10.1. The Morgan fingerprint density at radius 3 is 3.45 bits per heavy atom. The van der Waals surface area contributed by atoms with Crippen LogP contribution in [0, 0.1) is 5.92 Å². The fourth-order valence-electron chi connectivity index (χ4n) is 1.74. The third kappa shape index (κ3) is 1.54. The average Bonchev–Trinajstić information content (AvgIpc) is 2.40. The molecule has 0 spiro atoms. The van der Waals surface area contributed by atoms with Crippen molar-refractivity contribution in [2.45, 2.75) is 12.6 Å². The van der Waals surface area contributed by atoms with E-state index in [1.54, 1.807) is 11.9 Å². The smallest absolute Gasteiger partial charge is 0.107 e. The summed E-state index contributed by atoms with van der Waals surface area (Å²) in [6.45, 7) is 2.07. The molecular formula is C7H14N2OS. The molecule has 0 aromatic rings. The Labute approximate surface area is 71.6 Å². The number of nitrogens with one attached hydrogen (secondary N) is 1. The second kappa shape index (κ2) is 3.31. The van der Waals surface area contributed by atoms with Crippen molar-refractivity contribution >= 4 is 11.9 Å². The Balaban J connectivity index is 2.03. The fraction of sp³-hybridized carbons (Fsp3) is 1.00. The van der Waals surface area contributed by atoms with Crippen LogP contribution in [0.3, 0.4) is 0 Å². The molecule has 4 heteroatoms. The van der Waals surface area contributed by atoms with Crippen LogP contribution in [0.2, 0.25) is 0 Å². The predicted molar refractivity (Wildman–Crippen MR) is 46.1 cm³/mol. The van der Waals surface area contributed by atoms with Crippen LogP contribution in [0.1, 0.15) is 6.42 Å². The maximum Gasteiger partial charge on any atom is 0.107 e. The Hall–Kier alpha value is 0.230. The molecule has 2 aliphatic rings. The highest BCUT2D eigenvalue weighted by molar-refractivity contribution is 7.96. The highest BCUT2D eigenvalue weighted by Crippen LogP contribution is 2.26. The highest BCUT2D eigenvalue weighted by atomic mass is 32.2. The molecule has 0 bridgehead atoms. The first-order chi connectivity index (χ1) is 5.38. The van der Waals surface area contributed by atoms with Gasteiger partial charge < -0.3 is 10.1 Å². The van der Waals surface area contributed by atoms with E-state index in [0.29, 0.717) is 12.1 Å². The van der Waals surface area contributed by atoms with Gasteiger partial charge in [0.1, 0.15) is 5.94 Å². The van der Waals surface area contributed by atoms with E-state index in [2.05, 4.69) is 16.7 Å². The van der Waals surface area contributed by atoms with Gasteiger partial charge in [-0.2, -0.15) is 0 Å². The molecule has 2 saturated heterocycles. The minimum Gasteiger partial charge on any atom is -0.369 e. The summed E-state index contributed by atoms with van der Waals surface area (Å²) in [4.78, 5) is 0. The van der Waals surface area contributed by atoms with E-state index in [9.17, 15) is 0 Å². The van der Waals surface area contributed by atoms with E-state index in [1.165, 1.54) is 6.42 Å². The maximum atomic E-state index is 5.46. The van der Waals surface area contributed by atoms with Gasteiger partial charge >= 0.3 is 0 Å². The molecule has 0 aromatic carbocycles. The SMILES string of the molecule is CN1SCOCC2CCNC21. The summed E-state index contributed by atoms with van der Waals surface area (Å²) in [5, 5.41) is 3.47. The van der Waals surface area contributed by atoms with Crippen LogP contribution in [0.4, 0.5) is 0 Å². The lowest BCUT2D eigenvalue weighted by Gasteiger charge is -2.23. The van der Waals surface area contributed by atoms with Crippen molar-refractivity contribution in [3.05, 3.63) is 0 Å². The van der Waals surface area contributed by atoms with Crippen LogP contribution in [0.5, 0.6) is 0 Å². The Morgan fingerprint density at radius 2 is 2.55 bits per heavy atom. The zero-order valence-electron chi connectivity index (χ0n) is 6.75. The molecule has 2 heterocycles. The highest BCUT2D eigenvalue weighted by Gasteiger charge is 2.32. The van der Waals surface area contributed by atoms with E-state index in [0.717, 1.165) is 19.1 Å². The quantitative estimate of drug-likeness (QED) is 0.540. The number of hydrogen-bond acceptors (Lipinski definition) is 4. The molecule has 2 atom stereocenters. The van der Waals surface area contributed by atoms with Gasteiger partial charge in [-0.25, -0.2) is 4.31 Å². The minimum absolute atomic E-state index is 0.544. The van der Waals surface area contributed by atoms with Gasteiger partial charge in [0.05, 0.1) is 12.8 Å². The lowest BCUT2D eigenvalue weighted by Crippen LogP contribution is -2.39. The molecule has 0 aliphatic carbocycles. The summed E-state index contributed by atoms with van der Waals surface area (Å²) in [5.74, 6) is 1.51. The summed E-state index contributed by atoms with van der Waals surface area (Å²) < 4.78 is 7.74. The number of hydrogen-bond donors (Lipinski definition) is 1. The van der Waals surface area contributed by atoms with Gasteiger partial charge in [-0.3, -0.25) is 0 Å². The molecule has 64 valence electrons. The molecule has 0 radical (unpaired) electrons. The number of rotatable bonds is 0. The van der Waals surface area contributed by atoms with Gasteiger partial charge in [-0.05, 0) is 32.0 Å². The Kier molecular flexibility index (Phi) is 2.36. The van der Waals surface area contributed by atoms with E-state index < -0.39 is 0 Å². The van der Waals surface area contributed by atoms with Crippen molar-refractivity contribution in [1.82, 2.24) is 9.62 Å². The summed E-state index contributed by atoms with van der Waals surface area (Å²) in [7, 11) is 2.13. The third-order valence-electron chi connectivity index (χ3n) is 2.38. The van der Waals surface area contributed by atoms with Gasteiger partial charge in [-0.15, -0.1) is 0 Å². The van der Waals surface area contributed by atoms with Crippen molar-refractivity contribution in [1.29, 1.82) is 0 Å². The molecule has 2 aliphatic heterocycles. The Bertz CT molecular complexity index is 144. The van der Waals surface area contributed by atoms with E-state index in [4.69, 9.17) is 4.74 Å². The molecule has 2 fully saturated rings. The standard InChI is InChI=1S/C7H14N2OS/c1-9-7-6(2-3-8-7)4-10-5-11-9/h6-8H,2-5H2,1H3.